The molecule has 0 spiro atoms. The number of fused-ring (bicyclic) bond motifs is 1. The zero-order chi connectivity index (χ0) is 15.7. The lowest BCUT2D eigenvalue weighted by molar-refractivity contribution is -0.116. The van der Waals surface area contributed by atoms with Crippen molar-refractivity contribution in [2.75, 3.05) is 10.6 Å². The van der Waals surface area contributed by atoms with E-state index in [1.54, 1.807) is 0 Å². The van der Waals surface area contributed by atoms with Crippen LogP contribution in [-0.4, -0.2) is 11.8 Å². The van der Waals surface area contributed by atoms with Crippen LogP contribution >= 0.6 is 0 Å². The molecule has 0 aliphatic carbocycles. The lowest BCUT2D eigenvalue weighted by Gasteiger charge is -2.11. The first kappa shape index (κ1) is 14.3. The summed E-state index contributed by atoms with van der Waals surface area (Å²) >= 11 is 0. The van der Waals surface area contributed by atoms with Crippen LogP contribution in [-0.2, 0) is 22.4 Å². The first-order valence-corrected chi connectivity index (χ1v) is 7.30. The molecule has 0 bridgehead atoms. The van der Waals surface area contributed by atoms with Gasteiger partial charge < -0.3 is 10.6 Å². The van der Waals surface area contributed by atoms with Gasteiger partial charge >= 0.3 is 0 Å². The molecule has 1 aliphatic heterocycles. The van der Waals surface area contributed by atoms with E-state index < -0.39 is 0 Å². The van der Waals surface area contributed by atoms with Crippen molar-refractivity contribution in [3.05, 3.63) is 58.7 Å². The van der Waals surface area contributed by atoms with Crippen molar-refractivity contribution < 1.29 is 9.59 Å². The van der Waals surface area contributed by atoms with Crippen molar-refractivity contribution in [1.29, 1.82) is 0 Å². The Labute approximate surface area is 129 Å². The van der Waals surface area contributed by atoms with Crippen molar-refractivity contribution in [2.45, 2.75) is 26.7 Å². The Hall–Kier alpha value is -2.62. The molecule has 0 radical (unpaired) electrons. The third-order valence-electron chi connectivity index (χ3n) is 3.90. The van der Waals surface area contributed by atoms with Crippen LogP contribution in [0.3, 0.4) is 0 Å². The fraction of sp³-hybridized carbons (Fsp3) is 0.222. The van der Waals surface area contributed by atoms with E-state index in [1.165, 1.54) is 0 Å². The Morgan fingerprint density at radius 3 is 2.64 bits per heavy atom. The second-order valence-corrected chi connectivity index (χ2v) is 5.71. The average molecular weight is 294 g/mol. The molecular formula is C18H18N2O2. The van der Waals surface area contributed by atoms with Gasteiger partial charge in [-0.15, -0.1) is 0 Å². The molecule has 0 unspecified atom stereocenters. The molecule has 3 rings (SSSR count). The minimum atomic E-state index is -0.0466. The summed E-state index contributed by atoms with van der Waals surface area (Å²) in [6.07, 6.45) is 0.691. The van der Waals surface area contributed by atoms with Crippen molar-refractivity contribution in [3.8, 4) is 0 Å². The fourth-order valence-electron chi connectivity index (χ4n) is 2.77. The number of benzene rings is 2. The van der Waals surface area contributed by atoms with Gasteiger partial charge in [-0.05, 0) is 42.2 Å². The minimum absolute atomic E-state index is 0.00661. The van der Waals surface area contributed by atoms with E-state index >= 15 is 0 Å². The average Bonchev–Trinajstić information content (AvgIpc) is 2.82. The summed E-state index contributed by atoms with van der Waals surface area (Å²) < 4.78 is 0. The maximum atomic E-state index is 12.3. The molecule has 4 heteroatoms. The molecule has 1 heterocycles. The molecule has 0 saturated carbocycles. The molecule has 0 saturated heterocycles. The van der Waals surface area contributed by atoms with E-state index in [4.69, 9.17) is 0 Å². The molecule has 2 aromatic carbocycles. The highest BCUT2D eigenvalue weighted by molar-refractivity contribution is 5.99. The van der Waals surface area contributed by atoms with Crippen LogP contribution in [0, 0.1) is 13.8 Å². The van der Waals surface area contributed by atoms with Gasteiger partial charge in [-0.1, -0.05) is 30.3 Å². The molecule has 0 atom stereocenters. The molecule has 1 aliphatic rings. The zero-order valence-corrected chi connectivity index (χ0v) is 12.7. The third-order valence-corrected chi connectivity index (χ3v) is 3.90. The zero-order valence-electron chi connectivity index (χ0n) is 12.7. The number of carbonyl (C=O) groups excluding carboxylic acids is 2. The SMILES string of the molecule is Cc1cccc(C)c1NC(=O)Cc1ccc2c(c1)CC(=O)N2. The number of para-hydroxylation sites is 1. The summed E-state index contributed by atoms with van der Waals surface area (Å²) in [4.78, 5) is 23.6. The second kappa shape index (κ2) is 5.64. The van der Waals surface area contributed by atoms with E-state index in [-0.39, 0.29) is 11.8 Å². The third kappa shape index (κ3) is 2.86. The Morgan fingerprint density at radius 1 is 1.18 bits per heavy atom. The molecule has 112 valence electrons. The number of aryl methyl sites for hydroxylation is 2. The van der Waals surface area contributed by atoms with Gasteiger partial charge in [0.25, 0.3) is 0 Å². The van der Waals surface area contributed by atoms with Gasteiger partial charge in [-0.2, -0.15) is 0 Å². The van der Waals surface area contributed by atoms with Crippen LogP contribution in [0.5, 0.6) is 0 Å². The predicted molar refractivity (Wildman–Crippen MR) is 87.0 cm³/mol. The Morgan fingerprint density at radius 2 is 1.91 bits per heavy atom. The number of nitrogens with one attached hydrogen (secondary N) is 2. The number of hydrogen-bond donors (Lipinski definition) is 2. The number of amides is 2. The van der Waals surface area contributed by atoms with E-state index in [0.717, 1.165) is 33.6 Å². The highest BCUT2D eigenvalue weighted by Gasteiger charge is 2.18. The summed E-state index contributed by atoms with van der Waals surface area (Å²) in [5.74, 6) is -0.0400. The molecule has 2 N–H and O–H groups in total. The van der Waals surface area contributed by atoms with Crippen LogP contribution in [0.2, 0.25) is 0 Å². The maximum absolute atomic E-state index is 12.3. The highest BCUT2D eigenvalue weighted by atomic mass is 16.2. The monoisotopic (exact) mass is 294 g/mol. The van der Waals surface area contributed by atoms with E-state index in [1.807, 2.05) is 50.2 Å². The van der Waals surface area contributed by atoms with Crippen molar-refractivity contribution in [1.82, 2.24) is 0 Å². The van der Waals surface area contributed by atoms with Gasteiger partial charge in [0.05, 0.1) is 12.8 Å². The van der Waals surface area contributed by atoms with E-state index in [9.17, 15) is 9.59 Å². The van der Waals surface area contributed by atoms with Crippen molar-refractivity contribution >= 4 is 23.2 Å². The van der Waals surface area contributed by atoms with Crippen LogP contribution in [0.25, 0.3) is 0 Å². The molecular weight excluding hydrogens is 276 g/mol. The predicted octanol–water partition coefficient (Wildman–Crippen LogP) is 2.98. The van der Waals surface area contributed by atoms with Crippen molar-refractivity contribution in [3.63, 3.8) is 0 Å². The highest BCUT2D eigenvalue weighted by Crippen LogP contribution is 2.24. The number of rotatable bonds is 3. The summed E-state index contributed by atoms with van der Waals surface area (Å²) in [6.45, 7) is 3.96. The van der Waals surface area contributed by atoms with Crippen LogP contribution in [0.15, 0.2) is 36.4 Å². The van der Waals surface area contributed by atoms with Crippen molar-refractivity contribution in [2.24, 2.45) is 0 Å². The van der Waals surface area contributed by atoms with Crippen LogP contribution in [0.1, 0.15) is 22.3 Å². The largest absolute Gasteiger partial charge is 0.326 e. The summed E-state index contributed by atoms with van der Waals surface area (Å²) in [5.41, 5.74) is 5.71. The Balaban J connectivity index is 1.73. The number of anilines is 2. The molecule has 0 fully saturated rings. The fourth-order valence-corrected chi connectivity index (χ4v) is 2.77. The normalized spacial score (nSPS) is 12.7. The van der Waals surface area contributed by atoms with Gasteiger partial charge in [-0.25, -0.2) is 0 Å². The first-order chi connectivity index (χ1) is 10.5. The second-order valence-electron chi connectivity index (χ2n) is 5.71. The Bertz CT molecular complexity index is 745. The summed E-state index contributed by atoms with van der Waals surface area (Å²) in [5, 5.41) is 5.78. The molecule has 2 amide bonds. The summed E-state index contributed by atoms with van der Waals surface area (Å²) in [6, 6.07) is 11.6. The Kier molecular flexibility index (Phi) is 3.67. The molecule has 22 heavy (non-hydrogen) atoms. The quantitative estimate of drug-likeness (QED) is 0.914. The molecule has 4 nitrogen and oxygen atoms in total. The topological polar surface area (TPSA) is 58.2 Å². The van der Waals surface area contributed by atoms with E-state index in [0.29, 0.717) is 12.8 Å². The maximum Gasteiger partial charge on any atom is 0.228 e. The minimum Gasteiger partial charge on any atom is -0.326 e. The van der Waals surface area contributed by atoms with Gasteiger partial charge in [0.2, 0.25) is 11.8 Å². The van der Waals surface area contributed by atoms with Gasteiger partial charge in [0.1, 0.15) is 0 Å². The van der Waals surface area contributed by atoms with Gasteiger partial charge in [-0.3, -0.25) is 9.59 Å². The smallest absolute Gasteiger partial charge is 0.228 e. The molecule has 2 aromatic rings. The van der Waals surface area contributed by atoms with E-state index in [2.05, 4.69) is 10.6 Å². The first-order valence-electron chi connectivity index (χ1n) is 7.30. The molecule has 0 aromatic heterocycles. The lowest BCUT2D eigenvalue weighted by Crippen LogP contribution is -2.16. The van der Waals surface area contributed by atoms with Gasteiger partial charge in [0, 0.05) is 11.4 Å². The number of carbonyl (C=O) groups is 2. The lowest BCUT2D eigenvalue weighted by atomic mass is 10.0. The standard InChI is InChI=1S/C18H18N2O2/c1-11-4-3-5-12(2)18(11)20-16(21)9-13-6-7-15-14(8-13)10-17(22)19-15/h3-8H,9-10H2,1-2H3,(H,19,22)(H,20,21). The van der Waals surface area contributed by atoms with Crippen LogP contribution in [0.4, 0.5) is 11.4 Å². The summed E-state index contributed by atoms with van der Waals surface area (Å²) in [7, 11) is 0. The number of hydrogen-bond acceptors (Lipinski definition) is 2. The van der Waals surface area contributed by atoms with Crippen LogP contribution < -0.4 is 10.6 Å². The van der Waals surface area contributed by atoms with Gasteiger partial charge in [0.15, 0.2) is 0 Å².